The Morgan fingerprint density at radius 3 is 1.85 bits per heavy atom. The number of nitrogens with zero attached hydrogens (tertiary/aromatic N) is 2. The van der Waals surface area contributed by atoms with Crippen LogP contribution >= 0.6 is 0 Å². The molecular formula is C43H30N2O. The molecule has 3 heteroatoms. The molecule has 46 heavy (non-hydrogen) atoms. The fraction of sp³-hybridized carbons (Fsp3) is 0.0698. The second-order valence-electron chi connectivity index (χ2n) is 12.6. The molecule has 0 spiro atoms. The van der Waals surface area contributed by atoms with Gasteiger partial charge < -0.3 is 4.42 Å². The Morgan fingerprint density at radius 1 is 0.478 bits per heavy atom. The molecule has 2 heterocycles. The Morgan fingerprint density at radius 2 is 1.11 bits per heavy atom. The Bertz CT molecular complexity index is 2380. The lowest BCUT2D eigenvalue weighted by atomic mass is 9.80. The summed E-state index contributed by atoms with van der Waals surface area (Å²) < 4.78 is 6.28. The van der Waals surface area contributed by atoms with Gasteiger partial charge in [-0.15, -0.1) is 0 Å². The second kappa shape index (κ2) is 10.1. The van der Waals surface area contributed by atoms with Crippen molar-refractivity contribution in [3.05, 3.63) is 157 Å². The molecule has 0 saturated heterocycles. The first-order chi connectivity index (χ1) is 22.5. The second-order valence-corrected chi connectivity index (χ2v) is 12.6. The highest BCUT2D eigenvalue weighted by Gasteiger charge is 2.38. The van der Waals surface area contributed by atoms with Gasteiger partial charge in [0, 0.05) is 32.9 Å². The van der Waals surface area contributed by atoms with Crippen molar-refractivity contribution in [3.8, 4) is 56.2 Å². The Labute approximate surface area is 267 Å². The average molecular weight is 591 g/mol. The molecule has 1 aliphatic carbocycles. The number of aromatic nitrogens is 2. The summed E-state index contributed by atoms with van der Waals surface area (Å²) in [7, 11) is 0. The summed E-state index contributed by atoms with van der Waals surface area (Å²) >= 11 is 0. The van der Waals surface area contributed by atoms with Crippen LogP contribution in [0, 0.1) is 0 Å². The van der Waals surface area contributed by atoms with Gasteiger partial charge in [0.05, 0.1) is 11.4 Å². The molecule has 0 N–H and O–H groups in total. The zero-order chi connectivity index (χ0) is 30.8. The highest BCUT2D eigenvalue weighted by atomic mass is 16.3. The molecule has 3 nitrogen and oxygen atoms in total. The molecular weight excluding hydrogens is 560 g/mol. The number of fused-ring (bicyclic) bond motifs is 7. The lowest BCUT2D eigenvalue weighted by molar-refractivity contribution is 0.657. The fourth-order valence-corrected chi connectivity index (χ4v) is 7.24. The summed E-state index contributed by atoms with van der Waals surface area (Å²) in [5, 5.41) is 2.40. The van der Waals surface area contributed by atoms with Gasteiger partial charge in [0.15, 0.2) is 5.82 Å². The maximum atomic E-state index is 6.28. The van der Waals surface area contributed by atoms with Crippen molar-refractivity contribution in [2.24, 2.45) is 0 Å². The van der Waals surface area contributed by atoms with Gasteiger partial charge in [-0.2, -0.15) is 0 Å². The minimum atomic E-state index is -0.156. The zero-order valence-electron chi connectivity index (χ0n) is 25.7. The van der Waals surface area contributed by atoms with Crippen molar-refractivity contribution in [1.29, 1.82) is 0 Å². The van der Waals surface area contributed by atoms with Gasteiger partial charge in [-0.25, -0.2) is 9.97 Å². The number of para-hydroxylation sites is 1. The quantitative estimate of drug-likeness (QED) is 0.205. The molecule has 0 radical (unpaired) electrons. The molecule has 0 saturated carbocycles. The van der Waals surface area contributed by atoms with E-state index in [1.807, 2.05) is 42.5 Å². The summed E-state index contributed by atoms with van der Waals surface area (Å²) in [6.07, 6.45) is 0. The smallest absolute Gasteiger partial charge is 0.160 e. The van der Waals surface area contributed by atoms with E-state index >= 15 is 0 Å². The topological polar surface area (TPSA) is 38.9 Å². The molecule has 2 aromatic heterocycles. The first kappa shape index (κ1) is 26.6. The first-order valence-electron chi connectivity index (χ1n) is 15.7. The summed E-state index contributed by atoms with van der Waals surface area (Å²) in [5.74, 6) is 0.712. The molecule has 0 atom stereocenters. The van der Waals surface area contributed by atoms with Crippen molar-refractivity contribution >= 4 is 21.9 Å². The monoisotopic (exact) mass is 590 g/mol. The lowest BCUT2D eigenvalue weighted by Crippen LogP contribution is -2.15. The van der Waals surface area contributed by atoms with E-state index in [0.717, 1.165) is 44.8 Å². The molecule has 0 amide bonds. The fourth-order valence-electron chi connectivity index (χ4n) is 7.24. The van der Waals surface area contributed by atoms with Gasteiger partial charge >= 0.3 is 0 Å². The third-order valence-corrected chi connectivity index (χ3v) is 9.47. The highest BCUT2D eigenvalue weighted by Crippen LogP contribution is 2.53. The molecule has 6 aromatic carbocycles. The van der Waals surface area contributed by atoms with Crippen LogP contribution in [0.5, 0.6) is 0 Å². The predicted octanol–water partition coefficient (Wildman–Crippen LogP) is 11.4. The van der Waals surface area contributed by atoms with E-state index in [9.17, 15) is 0 Å². The highest BCUT2D eigenvalue weighted by molar-refractivity contribution is 6.11. The summed E-state index contributed by atoms with van der Waals surface area (Å²) in [6, 6.07) is 51.0. The van der Waals surface area contributed by atoms with Gasteiger partial charge in [-0.05, 0) is 63.7 Å². The van der Waals surface area contributed by atoms with E-state index in [1.54, 1.807) is 0 Å². The third kappa shape index (κ3) is 4.13. The van der Waals surface area contributed by atoms with Gasteiger partial charge in [-0.1, -0.05) is 129 Å². The molecule has 1 aliphatic rings. The Hall–Kier alpha value is -5.80. The van der Waals surface area contributed by atoms with E-state index < -0.39 is 0 Å². The van der Waals surface area contributed by atoms with Gasteiger partial charge in [0.25, 0.3) is 0 Å². The maximum Gasteiger partial charge on any atom is 0.160 e. The van der Waals surface area contributed by atoms with E-state index in [4.69, 9.17) is 14.4 Å². The zero-order valence-corrected chi connectivity index (χ0v) is 25.7. The predicted molar refractivity (Wildman–Crippen MR) is 189 cm³/mol. The number of rotatable bonds is 4. The molecule has 218 valence electrons. The van der Waals surface area contributed by atoms with Crippen LogP contribution in [0.25, 0.3) is 78.1 Å². The van der Waals surface area contributed by atoms with Gasteiger partial charge in [0.2, 0.25) is 0 Å². The number of benzene rings is 6. The Balaban J connectivity index is 1.17. The molecule has 9 rings (SSSR count). The first-order valence-corrected chi connectivity index (χ1v) is 15.7. The molecule has 0 unspecified atom stereocenters. The van der Waals surface area contributed by atoms with Crippen molar-refractivity contribution in [2.75, 3.05) is 0 Å². The lowest BCUT2D eigenvalue weighted by Gasteiger charge is -2.22. The van der Waals surface area contributed by atoms with Crippen molar-refractivity contribution in [1.82, 2.24) is 9.97 Å². The van der Waals surface area contributed by atoms with Crippen LogP contribution < -0.4 is 0 Å². The SMILES string of the molecule is CC1(C)c2ccc(-c3cccc(-c4nc(-c5ccccc5)cc(-c5ccccc5)n4)c3)cc2-c2ccc3oc4ccccc4c3c21. The van der Waals surface area contributed by atoms with Crippen LogP contribution in [0.4, 0.5) is 0 Å². The number of hydrogen-bond acceptors (Lipinski definition) is 3. The maximum absolute atomic E-state index is 6.28. The largest absolute Gasteiger partial charge is 0.456 e. The number of furan rings is 1. The third-order valence-electron chi connectivity index (χ3n) is 9.47. The minimum Gasteiger partial charge on any atom is -0.456 e. The van der Waals surface area contributed by atoms with E-state index in [2.05, 4.69) is 117 Å². The van der Waals surface area contributed by atoms with Crippen molar-refractivity contribution in [2.45, 2.75) is 19.3 Å². The summed E-state index contributed by atoms with van der Waals surface area (Å²) in [5.41, 5.74) is 14.2. The van der Waals surface area contributed by atoms with Crippen LogP contribution in [-0.4, -0.2) is 9.97 Å². The minimum absolute atomic E-state index is 0.156. The Kier molecular flexibility index (Phi) is 5.85. The summed E-state index contributed by atoms with van der Waals surface area (Å²) in [4.78, 5) is 10.1. The van der Waals surface area contributed by atoms with Crippen LogP contribution in [0.3, 0.4) is 0 Å². The van der Waals surface area contributed by atoms with Crippen LogP contribution in [0.2, 0.25) is 0 Å². The summed E-state index contributed by atoms with van der Waals surface area (Å²) in [6.45, 7) is 4.67. The van der Waals surface area contributed by atoms with Crippen LogP contribution in [-0.2, 0) is 5.41 Å². The van der Waals surface area contributed by atoms with E-state index in [1.165, 1.54) is 38.6 Å². The van der Waals surface area contributed by atoms with Crippen LogP contribution in [0.1, 0.15) is 25.0 Å². The van der Waals surface area contributed by atoms with Gasteiger partial charge in [0.1, 0.15) is 11.2 Å². The van der Waals surface area contributed by atoms with Crippen molar-refractivity contribution < 1.29 is 4.42 Å². The van der Waals surface area contributed by atoms with E-state index in [0.29, 0.717) is 5.82 Å². The standard InChI is InChI=1S/C43H30N2O/c1-43(2)35-22-20-30(25-34(35)32-21-23-39-40(41(32)43)33-18-9-10-19-38(33)46-39)29-16-11-17-31(24-29)42-44-36(27-12-5-3-6-13-27)26-37(45-42)28-14-7-4-8-15-28/h3-26H,1-2H3. The average Bonchev–Trinajstić information content (AvgIpc) is 3.60. The van der Waals surface area contributed by atoms with E-state index in [-0.39, 0.29) is 5.41 Å². The van der Waals surface area contributed by atoms with Crippen molar-refractivity contribution in [3.63, 3.8) is 0 Å². The van der Waals surface area contributed by atoms with Crippen LogP contribution in [0.15, 0.2) is 150 Å². The normalized spacial score (nSPS) is 13.2. The van der Waals surface area contributed by atoms with Gasteiger partial charge in [-0.3, -0.25) is 0 Å². The molecule has 0 bridgehead atoms. The molecule has 0 fully saturated rings. The molecule has 0 aliphatic heterocycles. The molecule has 8 aromatic rings. The number of hydrogen-bond donors (Lipinski definition) is 0.